The number of anilines is 1. The second-order valence-electron chi connectivity index (χ2n) is 4.34. The fourth-order valence-corrected chi connectivity index (χ4v) is 2.69. The van der Waals surface area contributed by atoms with E-state index in [1.807, 2.05) is 19.2 Å². The summed E-state index contributed by atoms with van der Waals surface area (Å²) in [5, 5.41) is 10.3. The molecule has 1 atom stereocenters. The summed E-state index contributed by atoms with van der Waals surface area (Å²) < 4.78 is 1.26. The molecule has 2 aromatic rings. The van der Waals surface area contributed by atoms with E-state index < -0.39 is 0 Å². The lowest BCUT2D eigenvalue weighted by atomic mass is 10.3. The number of nitrogens with one attached hydrogen (secondary N) is 1. The molecule has 5 nitrogen and oxygen atoms in total. The summed E-state index contributed by atoms with van der Waals surface area (Å²) in [6.45, 7) is 7.81. The van der Waals surface area contributed by atoms with Crippen molar-refractivity contribution in [2.24, 2.45) is 0 Å². The molecule has 2 aromatic heterocycles. The van der Waals surface area contributed by atoms with Crippen LogP contribution >= 0.6 is 22.9 Å². The molecular weight excluding hydrogens is 296 g/mol. The van der Waals surface area contributed by atoms with Crippen molar-refractivity contribution in [1.29, 1.82) is 0 Å². The molecule has 20 heavy (non-hydrogen) atoms. The van der Waals surface area contributed by atoms with Crippen molar-refractivity contribution >= 4 is 28.6 Å². The Kier molecular flexibility index (Phi) is 4.57. The predicted molar refractivity (Wildman–Crippen MR) is 82.6 cm³/mol. The summed E-state index contributed by atoms with van der Waals surface area (Å²) in [4.78, 5) is 16.4. The minimum atomic E-state index is -0.334. The molecule has 0 fully saturated rings. The van der Waals surface area contributed by atoms with Gasteiger partial charge in [0.05, 0.1) is 24.5 Å². The highest BCUT2D eigenvalue weighted by atomic mass is 35.5. The van der Waals surface area contributed by atoms with Crippen LogP contribution < -0.4 is 10.9 Å². The molecule has 0 saturated carbocycles. The van der Waals surface area contributed by atoms with E-state index in [4.69, 9.17) is 11.6 Å². The van der Waals surface area contributed by atoms with Gasteiger partial charge in [-0.15, -0.1) is 17.9 Å². The lowest BCUT2D eigenvalue weighted by Crippen LogP contribution is -2.24. The standard InChI is InChI=1S/C13H15ClN4OS/c1-4-5-18-13(19)11(14)10(6-15-18)17-9(3)12-16-8(2)7-20-12/h4,6-7,9,17H,1,5H2,2-3H3. The average Bonchev–Trinajstić information content (AvgIpc) is 2.85. The molecule has 0 aliphatic heterocycles. The van der Waals surface area contributed by atoms with Crippen molar-refractivity contribution in [2.75, 3.05) is 5.32 Å². The van der Waals surface area contributed by atoms with E-state index in [0.717, 1.165) is 10.7 Å². The zero-order chi connectivity index (χ0) is 14.7. The van der Waals surface area contributed by atoms with Crippen LogP contribution in [0.3, 0.4) is 0 Å². The van der Waals surface area contributed by atoms with Crippen LogP contribution in [0.2, 0.25) is 5.02 Å². The first-order valence-corrected chi connectivity index (χ1v) is 7.33. The number of rotatable bonds is 5. The van der Waals surface area contributed by atoms with Crippen molar-refractivity contribution in [1.82, 2.24) is 14.8 Å². The first-order valence-electron chi connectivity index (χ1n) is 6.08. The number of thiazole rings is 1. The van der Waals surface area contributed by atoms with Crippen molar-refractivity contribution in [3.05, 3.63) is 50.3 Å². The van der Waals surface area contributed by atoms with Gasteiger partial charge in [-0.3, -0.25) is 4.79 Å². The van der Waals surface area contributed by atoms with Crippen LogP contribution in [-0.2, 0) is 6.54 Å². The molecule has 0 spiro atoms. The predicted octanol–water partition coefficient (Wildman–Crippen LogP) is 3.02. The highest BCUT2D eigenvalue weighted by molar-refractivity contribution is 7.09. The molecule has 0 radical (unpaired) electrons. The molecule has 2 heterocycles. The molecule has 106 valence electrons. The van der Waals surface area contributed by atoms with E-state index in [0.29, 0.717) is 12.2 Å². The van der Waals surface area contributed by atoms with Gasteiger partial charge in [-0.2, -0.15) is 5.10 Å². The first-order chi connectivity index (χ1) is 9.52. The van der Waals surface area contributed by atoms with Crippen LogP contribution in [0.4, 0.5) is 5.69 Å². The maximum absolute atomic E-state index is 12.0. The molecule has 0 aliphatic rings. The van der Waals surface area contributed by atoms with Crippen LogP contribution in [0.1, 0.15) is 23.7 Å². The minimum absolute atomic E-state index is 0.0392. The molecule has 0 aliphatic carbocycles. The Hall–Kier alpha value is -1.66. The van der Waals surface area contributed by atoms with Gasteiger partial charge in [0, 0.05) is 11.1 Å². The van der Waals surface area contributed by atoms with Gasteiger partial charge in [0.2, 0.25) is 0 Å². The quantitative estimate of drug-likeness (QED) is 0.862. The van der Waals surface area contributed by atoms with Gasteiger partial charge < -0.3 is 5.32 Å². The summed E-state index contributed by atoms with van der Waals surface area (Å²) in [7, 11) is 0. The van der Waals surface area contributed by atoms with Crippen molar-refractivity contribution in [3.8, 4) is 0 Å². The molecular formula is C13H15ClN4OS. The van der Waals surface area contributed by atoms with Crippen molar-refractivity contribution < 1.29 is 0 Å². The fraction of sp³-hybridized carbons (Fsp3) is 0.308. The number of hydrogen-bond donors (Lipinski definition) is 1. The molecule has 7 heteroatoms. The maximum atomic E-state index is 12.0. The van der Waals surface area contributed by atoms with E-state index in [9.17, 15) is 4.79 Å². The Morgan fingerprint density at radius 1 is 1.65 bits per heavy atom. The van der Waals surface area contributed by atoms with Crippen LogP contribution in [0.5, 0.6) is 0 Å². The van der Waals surface area contributed by atoms with Crippen LogP contribution in [0, 0.1) is 6.92 Å². The number of halogens is 1. The third-order valence-corrected chi connectivity index (χ3v) is 4.18. The Labute approximate surface area is 125 Å². The second-order valence-corrected chi connectivity index (χ2v) is 5.61. The Balaban J connectivity index is 2.24. The highest BCUT2D eigenvalue weighted by Gasteiger charge is 2.14. The van der Waals surface area contributed by atoms with Gasteiger partial charge >= 0.3 is 0 Å². The topological polar surface area (TPSA) is 59.8 Å². The smallest absolute Gasteiger partial charge is 0.287 e. The zero-order valence-corrected chi connectivity index (χ0v) is 12.8. The molecule has 0 amide bonds. The minimum Gasteiger partial charge on any atom is -0.373 e. The number of aryl methyl sites for hydroxylation is 1. The van der Waals surface area contributed by atoms with E-state index >= 15 is 0 Å². The number of aromatic nitrogens is 3. The largest absolute Gasteiger partial charge is 0.373 e. The number of allylic oxidation sites excluding steroid dienone is 1. The Morgan fingerprint density at radius 3 is 3.00 bits per heavy atom. The van der Waals surface area contributed by atoms with Crippen LogP contribution in [0.15, 0.2) is 29.0 Å². The van der Waals surface area contributed by atoms with Gasteiger partial charge in [0.25, 0.3) is 5.56 Å². The molecule has 1 N–H and O–H groups in total. The van der Waals surface area contributed by atoms with Gasteiger partial charge in [0.1, 0.15) is 10.0 Å². The van der Waals surface area contributed by atoms with Gasteiger partial charge in [-0.25, -0.2) is 9.67 Å². The Morgan fingerprint density at radius 2 is 2.40 bits per heavy atom. The molecule has 2 rings (SSSR count). The van der Waals surface area contributed by atoms with Crippen LogP contribution in [0.25, 0.3) is 0 Å². The molecule has 0 bridgehead atoms. The Bertz CT molecular complexity index is 679. The lowest BCUT2D eigenvalue weighted by molar-refractivity contribution is 0.652. The SMILES string of the molecule is C=CCn1ncc(NC(C)c2nc(C)cs2)c(Cl)c1=O. The summed E-state index contributed by atoms with van der Waals surface area (Å²) in [5.41, 5.74) is 1.15. The molecule has 0 saturated heterocycles. The summed E-state index contributed by atoms with van der Waals surface area (Å²) >= 11 is 7.65. The van der Waals surface area contributed by atoms with E-state index in [-0.39, 0.29) is 16.6 Å². The fourth-order valence-electron chi connectivity index (χ4n) is 1.68. The van der Waals surface area contributed by atoms with Gasteiger partial charge in [0.15, 0.2) is 0 Å². The average molecular weight is 311 g/mol. The number of hydrogen-bond acceptors (Lipinski definition) is 5. The van der Waals surface area contributed by atoms with Crippen molar-refractivity contribution in [3.63, 3.8) is 0 Å². The second kappa shape index (κ2) is 6.19. The van der Waals surface area contributed by atoms with Crippen molar-refractivity contribution in [2.45, 2.75) is 26.4 Å². The molecule has 0 aromatic carbocycles. The van der Waals surface area contributed by atoms with Gasteiger partial charge in [-0.05, 0) is 13.8 Å². The maximum Gasteiger partial charge on any atom is 0.287 e. The monoisotopic (exact) mass is 310 g/mol. The summed E-state index contributed by atoms with van der Waals surface area (Å²) in [6.07, 6.45) is 3.14. The third kappa shape index (κ3) is 3.08. The zero-order valence-electron chi connectivity index (χ0n) is 11.3. The third-order valence-electron chi connectivity index (χ3n) is 2.67. The molecule has 1 unspecified atom stereocenters. The van der Waals surface area contributed by atoms with Crippen LogP contribution in [-0.4, -0.2) is 14.8 Å². The highest BCUT2D eigenvalue weighted by Crippen LogP contribution is 2.24. The normalized spacial score (nSPS) is 12.2. The summed E-state index contributed by atoms with van der Waals surface area (Å²) in [5.74, 6) is 0. The summed E-state index contributed by atoms with van der Waals surface area (Å²) in [6, 6.07) is -0.0392. The van der Waals surface area contributed by atoms with E-state index in [1.54, 1.807) is 23.6 Å². The van der Waals surface area contributed by atoms with Gasteiger partial charge in [-0.1, -0.05) is 17.7 Å². The van der Waals surface area contributed by atoms with E-state index in [1.165, 1.54) is 4.68 Å². The van der Waals surface area contributed by atoms with E-state index in [2.05, 4.69) is 22.0 Å². The number of nitrogens with zero attached hydrogens (tertiary/aromatic N) is 3. The lowest BCUT2D eigenvalue weighted by Gasteiger charge is -2.14. The first kappa shape index (κ1) is 14.7.